The van der Waals surface area contributed by atoms with Crippen LogP contribution in [0.15, 0.2) is 4.42 Å². The first-order chi connectivity index (χ1) is 8.70. The highest BCUT2D eigenvalue weighted by Gasteiger charge is 2.22. The molecule has 18 heavy (non-hydrogen) atoms. The maximum Gasteiger partial charge on any atom is 0.318 e. The van der Waals surface area contributed by atoms with Gasteiger partial charge in [-0.1, -0.05) is 18.9 Å². The van der Waals surface area contributed by atoms with Gasteiger partial charge in [0, 0.05) is 13.1 Å². The van der Waals surface area contributed by atoms with Crippen molar-refractivity contribution in [2.24, 2.45) is 5.92 Å². The van der Waals surface area contributed by atoms with E-state index in [1.54, 1.807) is 0 Å². The lowest BCUT2D eigenvalue weighted by molar-refractivity contribution is 0.386. The molecule has 5 nitrogen and oxygen atoms in total. The first-order valence-corrected chi connectivity index (χ1v) is 7.02. The van der Waals surface area contributed by atoms with E-state index in [0.717, 1.165) is 26.1 Å². The van der Waals surface area contributed by atoms with Gasteiger partial charge in [0.05, 0.1) is 6.04 Å². The number of nitrogens with one attached hydrogen (secondary N) is 1. The van der Waals surface area contributed by atoms with Gasteiger partial charge in [0.1, 0.15) is 0 Å². The minimum atomic E-state index is 0.133. The zero-order valence-electron chi connectivity index (χ0n) is 11.6. The Balaban J connectivity index is 1.96. The van der Waals surface area contributed by atoms with E-state index < -0.39 is 0 Å². The first-order valence-electron chi connectivity index (χ1n) is 7.02. The van der Waals surface area contributed by atoms with Gasteiger partial charge >= 0.3 is 6.01 Å². The van der Waals surface area contributed by atoms with E-state index in [1.807, 2.05) is 0 Å². The minimum Gasteiger partial charge on any atom is -0.406 e. The van der Waals surface area contributed by atoms with Crippen molar-refractivity contribution in [1.29, 1.82) is 0 Å². The normalized spacial score (nSPS) is 22.2. The van der Waals surface area contributed by atoms with Crippen LogP contribution in [-0.4, -0.2) is 29.8 Å². The third-order valence-electron chi connectivity index (χ3n) is 3.43. The molecule has 2 heterocycles. The Morgan fingerprint density at radius 1 is 1.50 bits per heavy atom. The van der Waals surface area contributed by atoms with Crippen molar-refractivity contribution in [3.63, 3.8) is 0 Å². The Bertz CT molecular complexity index is 366. The van der Waals surface area contributed by atoms with Crippen molar-refractivity contribution < 1.29 is 4.42 Å². The second kappa shape index (κ2) is 6.18. The molecule has 1 N–H and O–H groups in total. The maximum atomic E-state index is 5.77. The van der Waals surface area contributed by atoms with Gasteiger partial charge in [0.25, 0.3) is 0 Å². The van der Waals surface area contributed by atoms with Crippen LogP contribution < -0.4 is 10.2 Å². The van der Waals surface area contributed by atoms with Crippen molar-refractivity contribution in [1.82, 2.24) is 15.5 Å². The summed E-state index contributed by atoms with van der Waals surface area (Å²) >= 11 is 0. The highest BCUT2D eigenvalue weighted by atomic mass is 16.4. The molecule has 0 spiro atoms. The summed E-state index contributed by atoms with van der Waals surface area (Å²) in [5, 5.41) is 11.7. The predicted molar refractivity (Wildman–Crippen MR) is 71.6 cm³/mol. The Morgan fingerprint density at radius 2 is 2.33 bits per heavy atom. The summed E-state index contributed by atoms with van der Waals surface area (Å²) in [4.78, 5) is 2.21. The van der Waals surface area contributed by atoms with Crippen molar-refractivity contribution in [2.75, 3.05) is 24.5 Å². The molecule has 0 bridgehead atoms. The summed E-state index contributed by atoms with van der Waals surface area (Å²) in [5.41, 5.74) is 0. The third kappa shape index (κ3) is 3.22. The van der Waals surface area contributed by atoms with E-state index >= 15 is 0 Å². The van der Waals surface area contributed by atoms with Crippen LogP contribution in [0.4, 0.5) is 6.01 Å². The summed E-state index contributed by atoms with van der Waals surface area (Å²) in [5.74, 6) is 1.40. The van der Waals surface area contributed by atoms with Gasteiger partial charge in [-0.15, -0.1) is 5.10 Å². The molecule has 1 aliphatic rings. The zero-order chi connectivity index (χ0) is 13.0. The average Bonchev–Trinajstić information content (AvgIpc) is 2.85. The van der Waals surface area contributed by atoms with Crippen LogP contribution >= 0.6 is 0 Å². The van der Waals surface area contributed by atoms with Gasteiger partial charge in [-0.05, 0) is 38.6 Å². The van der Waals surface area contributed by atoms with E-state index in [9.17, 15) is 0 Å². The molecule has 2 rings (SSSR count). The van der Waals surface area contributed by atoms with E-state index in [2.05, 4.69) is 41.2 Å². The molecule has 0 radical (unpaired) electrons. The number of aromatic nitrogens is 2. The summed E-state index contributed by atoms with van der Waals surface area (Å²) < 4.78 is 5.77. The number of hydrogen-bond acceptors (Lipinski definition) is 5. The fourth-order valence-corrected chi connectivity index (χ4v) is 2.34. The van der Waals surface area contributed by atoms with Gasteiger partial charge < -0.3 is 14.6 Å². The van der Waals surface area contributed by atoms with E-state index in [-0.39, 0.29) is 6.04 Å². The molecule has 1 aliphatic heterocycles. The number of anilines is 1. The molecule has 0 saturated carbocycles. The highest BCUT2D eigenvalue weighted by molar-refractivity contribution is 5.25. The summed E-state index contributed by atoms with van der Waals surface area (Å²) in [6, 6.07) is 0.815. The Kier molecular flexibility index (Phi) is 4.58. The third-order valence-corrected chi connectivity index (χ3v) is 3.43. The van der Waals surface area contributed by atoms with E-state index in [1.165, 1.54) is 12.8 Å². The van der Waals surface area contributed by atoms with Crippen molar-refractivity contribution in [3.8, 4) is 0 Å². The van der Waals surface area contributed by atoms with Gasteiger partial charge in [0.15, 0.2) is 0 Å². The quantitative estimate of drug-likeness (QED) is 0.872. The van der Waals surface area contributed by atoms with E-state index in [0.29, 0.717) is 17.8 Å². The number of piperidine rings is 1. The number of rotatable bonds is 5. The van der Waals surface area contributed by atoms with Gasteiger partial charge in [-0.2, -0.15) is 0 Å². The summed E-state index contributed by atoms with van der Waals surface area (Å²) in [7, 11) is 0. The smallest absolute Gasteiger partial charge is 0.318 e. The summed E-state index contributed by atoms with van der Waals surface area (Å²) in [6.45, 7) is 9.51. The van der Waals surface area contributed by atoms with Crippen LogP contribution in [-0.2, 0) is 0 Å². The van der Waals surface area contributed by atoms with Crippen molar-refractivity contribution >= 4 is 6.01 Å². The molecule has 1 aromatic heterocycles. The molecule has 0 amide bonds. The average molecular weight is 252 g/mol. The first kappa shape index (κ1) is 13.3. The number of nitrogens with zero attached hydrogens (tertiary/aromatic N) is 3. The molecule has 1 saturated heterocycles. The monoisotopic (exact) mass is 252 g/mol. The largest absolute Gasteiger partial charge is 0.406 e. The molecule has 1 aromatic rings. The molecule has 0 aliphatic carbocycles. The molecular formula is C13H24N4O. The second-order valence-corrected chi connectivity index (χ2v) is 5.29. The second-order valence-electron chi connectivity index (χ2n) is 5.29. The lowest BCUT2D eigenvalue weighted by Crippen LogP contribution is -2.34. The molecular weight excluding hydrogens is 228 g/mol. The van der Waals surface area contributed by atoms with E-state index in [4.69, 9.17) is 4.42 Å². The topological polar surface area (TPSA) is 54.2 Å². The van der Waals surface area contributed by atoms with Crippen LogP contribution in [0.1, 0.15) is 52.0 Å². The summed E-state index contributed by atoms with van der Waals surface area (Å²) in [6.07, 6.45) is 3.61. The van der Waals surface area contributed by atoms with Crippen LogP contribution in [0, 0.1) is 5.92 Å². The highest BCUT2D eigenvalue weighted by Crippen LogP contribution is 2.23. The van der Waals surface area contributed by atoms with Crippen LogP contribution in [0.2, 0.25) is 0 Å². The standard InChI is InChI=1S/C13H24N4O/c1-4-7-14-11(3)12-15-16-13(18-12)17-8-5-6-10(2)9-17/h10-11,14H,4-9H2,1-3H3. The molecule has 5 heteroatoms. The minimum absolute atomic E-state index is 0.133. The van der Waals surface area contributed by atoms with Gasteiger partial charge in [-0.25, -0.2) is 0 Å². The Morgan fingerprint density at radius 3 is 3.06 bits per heavy atom. The molecule has 2 unspecified atom stereocenters. The van der Waals surface area contributed by atoms with Crippen LogP contribution in [0.5, 0.6) is 0 Å². The molecule has 2 atom stereocenters. The van der Waals surface area contributed by atoms with Crippen molar-refractivity contribution in [3.05, 3.63) is 5.89 Å². The van der Waals surface area contributed by atoms with Gasteiger partial charge in [-0.3, -0.25) is 0 Å². The SMILES string of the molecule is CCCNC(C)c1nnc(N2CCCC(C)C2)o1. The number of hydrogen-bond donors (Lipinski definition) is 1. The Labute approximate surface area is 109 Å². The van der Waals surface area contributed by atoms with Gasteiger partial charge in [0.2, 0.25) is 5.89 Å². The van der Waals surface area contributed by atoms with Crippen LogP contribution in [0.25, 0.3) is 0 Å². The Hall–Kier alpha value is -1.10. The molecule has 0 aromatic carbocycles. The fourth-order valence-electron chi connectivity index (χ4n) is 2.34. The maximum absolute atomic E-state index is 5.77. The lowest BCUT2D eigenvalue weighted by atomic mass is 10.0. The zero-order valence-corrected chi connectivity index (χ0v) is 11.6. The van der Waals surface area contributed by atoms with Crippen LogP contribution in [0.3, 0.4) is 0 Å². The molecule has 1 fully saturated rings. The molecule has 102 valence electrons. The lowest BCUT2D eigenvalue weighted by Gasteiger charge is -2.29. The predicted octanol–water partition coefficient (Wildman–Crippen LogP) is 2.37. The fraction of sp³-hybridized carbons (Fsp3) is 0.846. The van der Waals surface area contributed by atoms with Crippen molar-refractivity contribution in [2.45, 2.75) is 46.1 Å².